The number of nitrogens with zero attached hydrogens (tertiary/aromatic N) is 2. The molecule has 1 unspecified atom stereocenters. The number of aliphatic carboxylic acids is 1. The molecule has 1 amide bonds. The molecule has 0 bridgehead atoms. The van der Waals surface area contributed by atoms with Crippen molar-refractivity contribution in [1.29, 1.82) is 0 Å². The zero-order valence-corrected chi connectivity index (χ0v) is 12.9. The van der Waals surface area contributed by atoms with E-state index < -0.39 is 11.5 Å². The Labute approximate surface area is 126 Å². The lowest BCUT2D eigenvalue weighted by molar-refractivity contribution is -0.148. The predicted octanol–water partition coefficient (Wildman–Crippen LogP) is 2.70. The van der Waals surface area contributed by atoms with E-state index in [4.69, 9.17) is 0 Å². The van der Waals surface area contributed by atoms with Gasteiger partial charge in [-0.3, -0.25) is 9.78 Å². The summed E-state index contributed by atoms with van der Waals surface area (Å²) < 4.78 is 0.590. The SMILES string of the molecule is CCCC1(C(=O)O)CCCN1C(=O)c1ccncc1Br. The highest BCUT2D eigenvalue weighted by atomic mass is 79.9. The molecule has 0 radical (unpaired) electrons. The number of halogens is 1. The first-order chi connectivity index (χ1) is 9.53. The average molecular weight is 341 g/mol. The standard InChI is InChI=1S/C14H17BrN2O3/c1-2-5-14(13(19)20)6-3-8-17(14)12(18)10-4-7-16-9-11(10)15/h4,7,9H,2-3,5-6,8H2,1H3,(H,19,20). The first-order valence-corrected chi connectivity index (χ1v) is 7.47. The maximum Gasteiger partial charge on any atom is 0.329 e. The van der Waals surface area contributed by atoms with Crippen LogP contribution in [-0.2, 0) is 4.79 Å². The van der Waals surface area contributed by atoms with Gasteiger partial charge >= 0.3 is 5.97 Å². The first-order valence-electron chi connectivity index (χ1n) is 6.68. The molecule has 1 saturated heterocycles. The summed E-state index contributed by atoms with van der Waals surface area (Å²) in [4.78, 5) is 29.8. The van der Waals surface area contributed by atoms with Crippen LogP contribution in [0.15, 0.2) is 22.9 Å². The van der Waals surface area contributed by atoms with Crippen LogP contribution in [0, 0.1) is 0 Å². The van der Waals surface area contributed by atoms with Crippen LogP contribution in [0.4, 0.5) is 0 Å². The van der Waals surface area contributed by atoms with Gasteiger partial charge < -0.3 is 10.0 Å². The van der Waals surface area contributed by atoms with Crippen LogP contribution in [0.25, 0.3) is 0 Å². The molecule has 6 heteroatoms. The molecule has 1 N–H and O–H groups in total. The summed E-state index contributed by atoms with van der Waals surface area (Å²) in [6.45, 7) is 2.42. The van der Waals surface area contributed by atoms with E-state index in [0.717, 1.165) is 12.8 Å². The molecule has 0 saturated carbocycles. The molecule has 108 valence electrons. The number of likely N-dealkylation sites (tertiary alicyclic amines) is 1. The van der Waals surface area contributed by atoms with Gasteiger partial charge in [0.05, 0.1) is 5.56 Å². The lowest BCUT2D eigenvalue weighted by Crippen LogP contribution is -2.53. The van der Waals surface area contributed by atoms with Gasteiger partial charge in [0.1, 0.15) is 5.54 Å². The second kappa shape index (κ2) is 5.91. The van der Waals surface area contributed by atoms with Crippen molar-refractivity contribution in [2.75, 3.05) is 6.54 Å². The summed E-state index contributed by atoms with van der Waals surface area (Å²) in [6, 6.07) is 1.61. The number of carbonyl (C=O) groups excluding carboxylic acids is 1. The quantitative estimate of drug-likeness (QED) is 0.914. The van der Waals surface area contributed by atoms with Crippen LogP contribution in [0.2, 0.25) is 0 Å². The van der Waals surface area contributed by atoms with Gasteiger partial charge in [-0.1, -0.05) is 13.3 Å². The fraction of sp³-hybridized carbons (Fsp3) is 0.500. The van der Waals surface area contributed by atoms with Crippen molar-refractivity contribution < 1.29 is 14.7 Å². The number of carboxylic acid groups (broad SMARTS) is 1. The summed E-state index contributed by atoms with van der Waals surface area (Å²) in [6.07, 6.45) is 5.54. The molecule has 1 aliphatic rings. The highest BCUT2D eigenvalue weighted by molar-refractivity contribution is 9.10. The van der Waals surface area contributed by atoms with Gasteiger partial charge in [0.25, 0.3) is 5.91 Å². The van der Waals surface area contributed by atoms with E-state index in [2.05, 4.69) is 20.9 Å². The molecule has 5 nitrogen and oxygen atoms in total. The fourth-order valence-electron chi connectivity index (χ4n) is 2.87. The number of rotatable bonds is 4. The maximum atomic E-state index is 12.7. The van der Waals surface area contributed by atoms with E-state index >= 15 is 0 Å². The van der Waals surface area contributed by atoms with Gasteiger partial charge in [-0.15, -0.1) is 0 Å². The van der Waals surface area contributed by atoms with Crippen LogP contribution in [-0.4, -0.2) is 39.0 Å². The summed E-state index contributed by atoms with van der Waals surface area (Å²) in [7, 11) is 0. The third-order valence-electron chi connectivity index (χ3n) is 3.80. The van der Waals surface area contributed by atoms with Crippen LogP contribution < -0.4 is 0 Å². The van der Waals surface area contributed by atoms with Crippen LogP contribution >= 0.6 is 15.9 Å². The summed E-state index contributed by atoms with van der Waals surface area (Å²) in [5.41, 5.74) is -0.599. The molecule has 0 aliphatic carbocycles. The molecule has 0 aromatic carbocycles. The Morgan fingerprint density at radius 3 is 2.90 bits per heavy atom. The zero-order chi connectivity index (χ0) is 14.8. The third kappa shape index (κ3) is 2.44. The third-order valence-corrected chi connectivity index (χ3v) is 4.43. The smallest absolute Gasteiger partial charge is 0.329 e. The van der Waals surface area contributed by atoms with Crippen molar-refractivity contribution in [3.63, 3.8) is 0 Å². The molecule has 1 aromatic rings. The monoisotopic (exact) mass is 340 g/mol. The normalized spacial score (nSPS) is 22.0. The van der Waals surface area contributed by atoms with E-state index in [1.807, 2.05) is 6.92 Å². The Bertz CT molecular complexity index is 535. The Morgan fingerprint density at radius 1 is 1.55 bits per heavy atom. The fourth-order valence-corrected chi connectivity index (χ4v) is 3.29. The highest BCUT2D eigenvalue weighted by Crippen LogP contribution is 2.36. The van der Waals surface area contributed by atoms with E-state index in [-0.39, 0.29) is 5.91 Å². The number of pyridine rings is 1. The van der Waals surface area contributed by atoms with Crippen LogP contribution in [0.1, 0.15) is 43.0 Å². The number of hydrogen-bond acceptors (Lipinski definition) is 3. The Balaban J connectivity index is 2.38. The van der Waals surface area contributed by atoms with Crippen molar-refractivity contribution in [2.24, 2.45) is 0 Å². The minimum atomic E-state index is -1.06. The highest BCUT2D eigenvalue weighted by Gasteiger charge is 2.49. The zero-order valence-electron chi connectivity index (χ0n) is 11.3. The summed E-state index contributed by atoms with van der Waals surface area (Å²) in [5, 5.41) is 9.61. The minimum Gasteiger partial charge on any atom is -0.479 e. The van der Waals surface area contributed by atoms with Gasteiger partial charge in [-0.05, 0) is 41.3 Å². The van der Waals surface area contributed by atoms with E-state index in [1.165, 1.54) is 11.1 Å². The van der Waals surface area contributed by atoms with Gasteiger partial charge in [0.15, 0.2) is 0 Å². The van der Waals surface area contributed by atoms with Gasteiger partial charge in [0.2, 0.25) is 0 Å². The maximum absolute atomic E-state index is 12.7. The number of carboxylic acids is 1. The Kier molecular flexibility index (Phi) is 4.42. The van der Waals surface area contributed by atoms with Crippen molar-refractivity contribution >= 4 is 27.8 Å². The van der Waals surface area contributed by atoms with Gasteiger partial charge in [0, 0.05) is 23.4 Å². The van der Waals surface area contributed by atoms with Crippen LogP contribution in [0.5, 0.6) is 0 Å². The number of carbonyl (C=O) groups is 2. The van der Waals surface area contributed by atoms with E-state index in [1.54, 1.807) is 12.3 Å². The van der Waals surface area contributed by atoms with Crippen molar-refractivity contribution in [2.45, 2.75) is 38.1 Å². The van der Waals surface area contributed by atoms with Gasteiger partial charge in [-0.25, -0.2) is 4.79 Å². The van der Waals surface area contributed by atoms with Crippen LogP contribution in [0.3, 0.4) is 0 Å². The van der Waals surface area contributed by atoms with Crippen molar-refractivity contribution in [3.05, 3.63) is 28.5 Å². The number of amides is 1. The lowest BCUT2D eigenvalue weighted by atomic mass is 9.90. The number of aromatic nitrogens is 1. The molecule has 1 aliphatic heterocycles. The second-order valence-electron chi connectivity index (χ2n) is 5.00. The summed E-state index contributed by atoms with van der Waals surface area (Å²) in [5.74, 6) is -1.15. The van der Waals surface area contributed by atoms with E-state index in [9.17, 15) is 14.7 Å². The molecular weight excluding hydrogens is 324 g/mol. The molecule has 2 rings (SSSR count). The molecule has 1 fully saturated rings. The molecule has 2 heterocycles. The Morgan fingerprint density at radius 2 is 2.30 bits per heavy atom. The molecule has 0 spiro atoms. The topological polar surface area (TPSA) is 70.5 Å². The number of hydrogen-bond donors (Lipinski definition) is 1. The average Bonchev–Trinajstić information content (AvgIpc) is 2.84. The molecular formula is C14H17BrN2O3. The summed E-state index contributed by atoms with van der Waals surface area (Å²) >= 11 is 3.30. The minimum absolute atomic E-state index is 0.243. The van der Waals surface area contributed by atoms with E-state index in [0.29, 0.717) is 29.4 Å². The lowest BCUT2D eigenvalue weighted by Gasteiger charge is -2.34. The van der Waals surface area contributed by atoms with Crippen molar-refractivity contribution in [3.8, 4) is 0 Å². The molecule has 20 heavy (non-hydrogen) atoms. The molecule has 1 atom stereocenters. The Hall–Kier alpha value is -1.43. The van der Waals surface area contributed by atoms with Gasteiger partial charge in [-0.2, -0.15) is 0 Å². The first kappa shape index (κ1) is 15.0. The molecule has 1 aromatic heterocycles. The van der Waals surface area contributed by atoms with Crippen molar-refractivity contribution in [1.82, 2.24) is 9.88 Å². The largest absolute Gasteiger partial charge is 0.479 e. The predicted molar refractivity (Wildman–Crippen MR) is 77.5 cm³/mol. The second-order valence-corrected chi connectivity index (χ2v) is 5.86.